The number of rotatable bonds is 7. The summed E-state index contributed by atoms with van der Waals surface area (Å²) in [4.78, 5) is 23.8. The first-order valence-electron chi connectivity index (χ1n) is 9.45. The van der Waals surface area contributed by atoms with E-state index in [2.05, 4.69) is 0 Å². The van der Waals surface area contributed by atoms with Gasteiger partial charge in [0.25, 0.3) is 0 Å². The molecule has 0 saturated heterocycles. The minimum Gasteiger partial charge on any atom is -0.480 e. The van der Waals surface area contributed by atoms with Crippen molar-refractivity contribution in [3.63, 3.8) is 0 Å². The molecule has 0 aliphatic rings. The van der Waals surface area contributed by atoms with Gasteiger partial charge in [0.15, 0.2) is 0 Å². The summed E-state index contributed by atoms with van der Waals surface area (Å²) >= 11 is 13.4. The highest BCUT2D eigenvalue weighted by atomic mass is 35.5. The SMILES string of the molecule is NC(=O)c1cccc(-n2ccc3cc(N(CC(=O)O)Sc4cc(Cl)cc(Cl)c4)ccc32)c1. The lowest BCUT2D eigenvalue weighted by Crippen LogP contribution is -2.22. The molecule has 3 N–H and O–H groups in total. The fourth-order valence-electron chi connectivity index (χ4n) is 3.33. The molecule has 0 fully saturated rings. The summed E-state index contributed by atoms with van der Waals surface area (Å²) < 4.78 is 3.60. The number of carbonyl (C=O) groups excluding carboxylic acids is 1. The van der Waals surface area contributed by atoms with Crippen molar-refractivity contribution >= 4 is 63.6 Å². The van der Waals surface area contributed by atoms with E-state index in [1.807, 2.05) is 41.1 Å². The predicted octanol–water partition coefficient (Wildman–Crippen LogP) is 5.63. The van der Waals surface area contributed by atoms with Crippen LogP contribution < -0.4 is 10.0 Å². The van der Waals surface area contributed by atoms with E-state index in [-0.39, 0.29) is 6.54 Å². The van der Waals surface area contributed by atoms with Crippen LogP contribution in [0.25, 0.3) is 16.6 Å². The smallest absolute Gasteiger partial charge is 0.324 e. The predicted molar refractivity (Wildman–Crippen MR) is 129 cm³/mol. The number of nitrogens with two attached hydrogens (primary N) is 1. The van der Waals surface area contributed by atoms with Crippen LogP contribution in [0.4, 0.5) is 5.69 Å². The number of aromatic nitrogens is 1. The number of benzene rings is 3. The lowest BCUT2D eigenvalue weighted by Gasteiger charge is -2.22. The number of fused-ring (bicyclic) bond motifs is 1. The van der Waals surface area contributed by atoms with Gasteiger partial charge < -0.3 is 19.7 Å². The van der Waals surface area contributed by atoms with E-state index in [0.29, 0.717) is 21.3 Å². The number of anilines is 1. The Morgan fingerprint density at radius 2 is 1.75 bits per heavy atom. The molecule has 0 bridgehead atoms. The van der Waals surface area contributed by atoms with Crippen molar-refractivity contribution in [2.45, 2.75) is 4.90 Å². The third-order valence-electron chi connectivity index (χ3n) is 4.70. The van der Waals surface area contributed by atoms with Gasteiger partial charge in [0.1, 0.15) is 6.54 Å². The number of carbonyl (C=O) groups is 2. The van der Waals surface area contributed by atoms with Crippen LogP contribution in [0.3, 0.4) is 0 Å². The standard InChI is InChI=1S/C23H17Cl2N3O3S/c24-16-10-17(25)12-20(11-16)32-28(13-22(29)30)19-4-5-21-14(8-19)6-7-27(21)18-3-1-2-15(9-18)23(26)31/h1-12H,13H2,(H2,26,31)(H,29,30). The zero-order valence-corrected chi connectivity index (χ0v) is 18.9. The first kappa shape index (κ1) is 22.1. The van der Waals surface area contributed by atoms with Crippen LogP contribution in [0.2, 0.25) is 10.0 Å². The summed E-state index contributed by atoms with van der Waals surface area (Å²) in [5.74, 6) is -1.46. The molecule has 1 aromatic heterocycles. The van der Waals surface area contributed by atoms with Crippen molar-refractivity contribution in [2.75, 3.05) is 10.8 Å². The zero-order chi connectivity index (χ0) is 22.8. The molecule has 0 aliphatic heterocycles. The van der Waals surface area contributed by atoms with Crippen molar-refractivity contribution in [3.05, 3.63) is 88.5 Å². The van der Waals surface area contributed by atoms with Gasteiger partial charge in [0.2, 0.25) is 5.91 Å². The Morgan fingerprint density at radius 3 is 2.44 bits per heavy atom. The van der Waals surface area contributed by atoms with Crippen LogP contribution in [0, 0.1) is 0 Å². The van der Waals surface area contributed by atoms with E-state index < -0.39 is 11.9 Å². The highest BCUT2D eigenvalue weighted by Crippen LogP contribution is 2.34. The fraction of sp³-hybridized carbons (Fsp3) is 0.0435. The number of nitrogens with zero attached hydrogens (tertiary/aromatic N) is 2. The van der Waals surface area contributed by atoms with Crippen molar-refractivity contribution < 1.29 is 14.7 Å². The molecule has 1 heterocycles. The Bertz CT molecular complexity index is 1320. The second kappa shape index (κ2) is 9.16. The monoisotopic (exact) mass is 485 g/mol. The molecule has 0 unspecified atom stereocenters. The number of halogens is 2. The van der Waals surface area contributed by atoms with E-state index >= 15 is 0 Å². The van der Waals surface area contributed by atoms with Crippen LogP contribution in [-0.2, 0) is 4.79 Å². The maximum absolute atomic E-state index is 11.5. The summed E-state index contributed by atoms with van der Waals surface area (Å²) in [6.45, 7) is -0.221. The largest absolute Gasteiger partial charge is 0.480 e. The number of carboxylic acid groups (broad SMARTS) is 1. The first-order valence-corrected chi connectivity index (χ1v) is 11.0. The third-order valence-corrected chi connectivity index (χ3v) is 6.14. The molecule has 3 aromatic carbocycles. The molecule has 0 atom stereocenters. The van der Waals surface area contributed by atoms with E-state index in [4.69, 9.17) is 28.9 Å². The second-order valence-electron chi connectivity index (χ2n) is 6.97. The minimum absolute atomic E-state index is 0.221. The van der Waals surface area contributed by atoms with Crippen molar-refractivity contribution in [1.29, 1.82) is 0 Å². The second-order valence-corrected chi connectivity index (χ2v) is 8.94. The van der Waals surface area contributed by atoms with Gasteiger partial charge >= 0.3 is 5.97 Å². The van der Waals surface area contributed by atoms with E-state index in [0.717, 1.165) is 21.5 Å². The van der Waals surface area contributed by atoms with Crippen LogP contribution in [0.1, 0.15) is 10.4 Å². The molecular formula is C23H17Cl2N3O3S. The van der Waals surface area contributed by atoms with Gasteiger partial charge in [-0.1, -0.05) is 29.3 Å². The number of hydrogen-bond acceptors (Lipinski definition) is 4. The number of amides is 1. The van der Waals surface area contributed by atoms with Gasteiger partial charge in [-0.25, -0.2) is 0 Å². The summed E-state index contributed by atoms with van der Waals surface area (Å²) in [7, 11) is 0. The normalized spacial score (nSPS) is 10.9. The summed E-state index contributed by atoms with van der Waals surface area (Å²) in [6, 6.07) is 19.7. The maximum atomic E-state index is 11.5. The fourth-order valence-corrected chi connectivity index (χ4v) is 4.99. The Labute approximate surface area is 198 Å². The molecule has 0 saturated carbocycles. The molecule has 1 amide bonds. The van der Waals surface area contributed by atoms with Gasteiger partial charge in [-0.2, -0.15) is 0 Å². The van der Waals surface area contributed by atoms with Gasteiger partial charge in [-0.15, -0.1) is 0 Å². The number of aliphatic carboxylic acids is 1. The lowest BCUT2D eigenvalue weighted by atomic mass is 10.2. The molecule has 0 aliphatic carbocycles. The summed E-state index contributed by atoms with van der Waals surface area (Å²) in [6.07, 6.45) is 1.89. The molecule has 0 spiro atoms. The highest BCUT2D eigenvalue weighted by molar-refractivity contribution is 8.00. The Kier molecular flexibility index (Phi) is 6.32. The third kappa shape index (κ3) is 4.85. The lowest BCUT2D eigenvalue weighted by molar-refractivity contribution is -0.135. The molecule has 4 rings (SSSR count). The van der Waals surface area contributed by atoms with Crippen LogP contribution in [0.15, 0.2) is 77.8 Å². The average Bonchev–Trinajstić information content (AvgIpc) is 3.15. The quantitative estimate of drug-likeness (QED) is 0.331. The molecule has 4 aromatic rings. The molecule has 32 heavy (non-hydrogen) atoms. The average molecular weight is 486 g/mol. The number of carboxylic acids is 1. The number of hydrogen-bond donors (Lipinski definition) is 2. The number of primary amides is 1. The van der Waals surface area contributed by atoms with Gasteiger partial charge in [-0.3, -0.25) is 9.59 Å². The van der Waals surface area contributed by atoms with Gasteiger partial charge in [0, 0.05) is 43.5 Å². The molecule has 6 nitrogen and oxygen atoms in total. The zero-order valence-electron chi connectivity index (χ0n) is 16.5. The van der Waals surface area contributed by atoms with Crippen LogP contribution in [-0.4, -0.2) is 28.1 Å². The van der Waals surface area contributed by atoms with E-state index in [1.54, 1.807) is 40.7 Å². The molecular weight excluding hydrogens is 469 g/mol. The maximum Gasteiger partial charge on any atom is 0.324 e. The Morgan fingerprint density at radius 1 is 1.00 bits per heavy atom. The van der Waals surface area contributed by atoms with E-state index in [1.165, 1.54) is 11.9 Å². The summed E-state index contributed by atoms with van der Waals surface area (Å²) in [5.41, 5.74) is 8.24. The Balaban J connectivity index is 1.70. The highest BCUT2D eigenvalue weighted by Gasteiger charge is 2.15. The van der Waals surface area contributed by atoms with Gasteiger partial charge in [-0.05, 0) is 72.6 Å². The van der Waals surface area contributed by atoms with Crippen LogP contribution >= 0.6 is 35.1 Å². The van der Waals surface area contributed by atoms with Crippen molar-refractivity contribution in [3.8, 4) is 5.69 Å². The van der Waals surface area contributed by atoms with Crippen molar-refractivity contribution in [1.82, 2.24) is 4.57 Å². The van der Waals surface area contributed by atoms with E-state index in [9.17, 15) is 14.7 Å². The van der Waals surface area contributed by atoms with Crippen LogP contribution in [0.5, 0.6) is 0 Å². The first-order chi connectivity index (χ1) is 15.3. The molecule has 0 radical (unpaired) electrons. The summed E-state index contributed by atoms with van der Waals surface area (Å²) in [5, 5.41) is 11.3. The van der Waals surface area contributed by atoms with Crippen molar-refractivity contribution in [2.24, 2.45) is 5.73 Å². The molecule has 162 valence electrons. The minimum atomic E-state index is -0.966. The topological polar surface area (TPSA) is 88.6 Å². The van der Waals surface area contributed by atoms with Gasteiger partial charge in [0.05, 0.1) is 5.52 Å². The molecule has 9 heteroatoms. The Hall–Kier alpha value is -3.13.